The average molecular weight is 153 g/mol. The van der Waals surface area contributed by atoms with E-state index in [9.17, 15) is 0 Å². The molecule has 2 rings (SSSR count). The molecule has 4 nitrogen and oxygen atoms in total. The van der Waals surface area contributed by atoms with Gasteiger partial charge in [0.25, 0.3) is 0 Å². The molecule has 0 N–H and O–H groups in total. The Labute approximate surface area is 65.2 Å². The molecule has 60 valence electrons. The number of hydrogen-bond acceptors (Lipinski definition) is 3. The number of rotatable bonds is 0. The molecule has 1 atom stereocenters. The van der Waals surface area contributed by atoms with Crippen molar-refractivity contribution in [1.29, 1.82) is 0 Å². The molecule has 0 saturated heterocycles. The van der Waals surface area contributed by atoms with Crippen LogP contribution in [0.2, 0.25) is 0 Å². The Balaban J connectivity index is 2.46. The molecule has 1 aromatic rings. The molecule has 0 spiro atoms. The fourth-order valence-corrected chi connectivity index (χ4v) is 1.37. The van der Waals surface area contributed by atoms with Crippen molar-refractivity contribution in [2.75, 3.05) is 6.61 Å². The van der Waals surface area contributed by atoms with E-state index in [1.807, 2.05) is 13.8 Å². The van der Waals surface area contributed by atoms with Gasteiger partial charge in [-0.15, -0.1) is 10.2 Å². The zero-order valence-electron chi connectivity index (χ0n) is 6.74. The van der Waals surface area contributed by atoms with Crippen molar-refractivity contribution < 1.29 is 4.74 Å². The highest BCUT2D eigenvalue weighted by molar-refractivity contribution is 4.98. The van der Waals surface area contributed by atoms with Crippen molar-refractivity contribution in [3.8, 4) is 0 Å². The Morgan fingerprint density at radius 2 is 2.36 bits per heavy atom. The monoisotopic (exact) mass is 153 g/mol. The summed E-state index contributed by atoms with van der Waals surface area (Å²) in [5, 5.41) is 8.01. The zero-order chi connectivity index (χ0) is 7.84. The lowest BCUT2D eigenvalue weighted by Gasteiger charge is -2.20. The Morgan fingerprint density at radius 3 is 3.09 bits per heavy atom. The highest BCUT2D eigenvalue weighted by atomic mass is 16.5. The topological polar surface area (TPSA) is 39.9 Å². The summed E-state index contributed by atoms with van der Waals surface area (Å²) >= 11 is 0. The first-order valence-corrected chi connectivity index (χ1v) is 3.80. The fraction of sp³-hybridized carbons (Fsp3) is 0.714. The van der Waals surface area contributed by atoms with E-state index < -0.39 is 0 Å². The van der Waals surface area contributed by atoms with E-state index >= 15 is 0 Å². The first-order chi connectivity index (χ1) is 5.29. The molecule has 1 unspecified atom stereocenters. The van der Waals surface area contributed by atoms with E-state index in [0.717, 1.165) is 24.8 Å². The minimum absolute atomic E-state index is 0.102. The van der Waals surface area contributed by atoms with Gasteiger partial charge in [0, 0.05) is 6.54 Å². The van der Waals surface area contributed by atoms with Crippen molar-refractivity contribution >= 4 is 0 Å². The zero-order valence-corrected chi connectivity index (χ0v) is 6.74. The average Bonchev–Trinajstić information content (AvgIpc) is 2.35. The maximum atomic E-state index is 5.39. The lowest BCUT2D eigenvalue weighted by atomic mass is 10.3. The van der Waals surface area contributed by atoms with Crippen LogP contribution in [0.4, 0.5) is 0 Å². The summed E-state index contributed by atoms with van der Waals surface area (Å²) in [7, 11) is 0. The normalized spacial score (nSPS) is 23.3. The number of ether oxygens (including phenoxy) is 1. The van der Waals surface area contributed by atoms with Crippen LogP contribution in [0, 0.1) is 6.92 Å². The van der Waals surface area contributed by atoms with Crippen LogP contribution >= 0.6 is 0 Å². The largest absolute Gasteiger partial charge is 0.369 e. The van der Waals surface area contributed by atoms with E-state index in [1.165, 1.54) is 0 Å². The van der Waals surface area contributed by atoms with Gasteiger partial charge >= 0.3 is 0 Å². The third-order valence-electron chi connectivity index (χ3n) is 2.01. The molecule has 0 saturated carbocycles. The molecule has 0 aliphatic carbocycles. The number of aromatic nitrogens is 3. The number of fused-ring (bicyclic) bond motifs is 1. The summed E-state index contributed by atoms with van der Waals surface area (Å²) in [4.78, 5) is 0. The third-order valence-corrected chi connectivity index (χ3v) is 2.01. The van der Waals surface area contributed by atoms with Crippen molar-refractivity contribution in [3.63, 3.8) is 0 Å². The van der Waals surface area contributed by atoms with Crippen LogP contribution in [0.1, 0.15) is 24.7 Å². The van der Waals surface area contributed by atoms with Crippen molar-refractivity contribution in [3.05, 3.63) is 11.6 Å². The summed E-state index contributed by atoms with van der Waals surface area (Å²) in [5.74, 6) is 1.93. The van der Waals surface area contributed by atoms with Gasteiger partial charge in [-0.3, -0.25) is 0 Å². The van der Waals surface area contributed by atoms with Gasteiger partial charge in [0.2, 0.25) is 0 Å². The van der Waals surface area contributed by atoms with Crippen LogP contribution in [0.5, 0.6) is 0 Å². The van der Waals surface area contributed by atoms with E-state index in [2.05, 4.69) is 14.8 Å². The van der Waals surface area contributed by atoms with Gasteiger partial charge in [-0.05, 0) is 13.8 Å². The molecule has 1 aromatic heterocycles. The first-order valence-electron chi connectivity index (χ1n) is 3.80. The summed E-state index contributed by atoms with van der Waals surface area (Å²) in [6, 6.07) is 0. The summed E-state index contributed by atoms with van der Waals surface area (Å²) < 4.78 is 7.50. The molecular formula is C7H11N3O. The summed E-state index contributed by atoms with van der Waals surface area (Å²) in [6.07, 6.45) is 0.102. The Bertz CT molecular complexity index is 269. The Kier molecular flexibility index (Phi) is 1.42. The predicted molar refractivity (Wildman–Crippen MR) is 39.1 cm³/mol. The smallest absolute Gasteiger partial charge is 0.162 e. The highest BCUT2D eigenvalue weighted by Gasteiger charge is 2.20. The van der Waals surface area contributed by atoms with Crippen molar-refractivity contribution in [2.45, 2.75) is 26.5 Å². The van der Waals surface area contributed by atoms with Crippen LogP contribution in [-0.2, 0) is 11.3 Å². The number of nitrogens with zero attached hydrogens (tertiary/aromatic N) is 3. The molecule has 4 heteroatoms. The van der Waals surface area contributed by atoms with Gasteiger partial charge in [0.15, 0.2) is 5.82 Å². The van der Waals surface area contributed by atoms with Gasteiger partial charge in [0.05, 0.1) is 6.61 Å². The SMILES string of the molecule is Cc1nnc2n1CCOC2C. The minimum Gasteiger partial charge on any atom is -0.369 e. The van der Waals surface area contributed by atoms with E-state index in [1.54, 1.807) is 0 Å². The lowest BCUT2D eigenvalue weighted by molar-refractivity contribution is 0.0287. The van der Waals surface area contributed by atoms with Gasteiger partial charge in [-0.25, -0.2) is 0 Å². The molecule has 0 radical (unpaired) electrons. The first kappa shape index (κ1) is 6.79. The minimum atomic E-state index is 0.102. The third kappa shape index (κ3) is 0.939. The van der Waals surface area contributed by atoms with Gasteiger partial charge in [0.1, 0.15) is 11.9 Å². The summed E-state index contributed by atoms with van der Waals surface area (Å²) in [5.41, 5.74) is 0. The van der Waals surface area contributed by atoms with E-state index in [-0.39, 0.29) is 6.10 Å². The molecule has 0 aromatic carbocycles. The maximum absolute atomic E-state index is 5.39. The molecule has 1 aliphatic rings. The standard InChI is InChI=1S/C7H11N3O/c1-5-7-9-8-6(2)10(7)3-4-11-5/h5H,3-4H2,1-2H3. The van der Waals surface area contributed by atoms with Crippen LogP contribution < -0.4 is 0 Å². The van der Waals surface area contributed by atoms with E-state index in [4.69, 9.17) is 4.74 Å². The molecule has 2 heterocycles. The quantitative estimate of drug-likeness (QED) is 0.550. The van der Waals surface area contributed by atoms with Crippen LogP contribution in [-0.4, -0.2) is 21.4 Å². The number of hydrogen-bond donors (Lipinski definition) is 0. The number of aryl methyl sites for hydroxylation is 1. The fourth-order valence-electron chi connectivity index (χ4n) is 1.37. The molecule has 0 amide bonds. The van der Waals surface area contributed by atoms with Crippen LogP contribution in [0.15, 0.2) is 0 Å². The Hall–Kier alpha value is -0.900. The Morgan fingerprint density at radius 1 is 1.55 bits per heavy atom. The van der Waals surface area contributed by atoms with Crippen molar-refractivity contribution in [1.82, 2.24) is 14.8 Å². The lowest BCUT2D eigenvalue weighted by Crippen LogP contribution is -2.20. The molecule has 0 bridgehead atoms. The van der Waals surface area contributed by atoms with Gasteiger partial charge in [-0.2, -0.15) is 0 Å². The van der Waals surface area contributed by atoms with Gasteiger partial charge < -0.3 is 9.30 Å². The molecule has 11 heavy (non-hydrogen) atoms. The second kappa shape index (κ2) is 2.30. The van der Waals surface area contributed by atoms with E-state index in [0.29, 0.717) is 0 Å². The molecular weight excluding hydrogens is 142 g/mol. The second-order valence-corrected chi connectivity index (χ2v) is 2.77. The van der Waals surface area contributed by atoms with Crippen molar-refractivity contribution in [2.24, 2.45) is 0 Å². The maximum Gasteiger partial charge on any atom is 0.162 e. The van der Waals surface area contributed by atoms with Crippen LogP contribution in [0.3, 0.4) is 0 Å². The summed E-state index contributed by atoms with van der Waals surface area (Å²) in [6.45, 7) is 5.62. The van der Waals surface area contributed by atoms with Gasteiger partial charge in [-0.1, -0.05) is 0 Å². The predicted octanol–water partition coefficient (Wildman–Crippen LogP) is 0.678. The highest BCUT2D eigenvalue weighted by Crippen LogP contribution is 2.19. The molecule has 0 fully saturated rings. The molecule has 1 aliphatic heterocycles. The van der Waals surface area contributed by atoms with Crippen LogP contribution in [0.25, 0.3) is 0 Å². The second-order valence-electron chi connectivity index (χ2n) is 2.77.